The Kier molecular flexibility index (Phi) is 6.25. The maximum absolute atomic E-state index is 4.78. The fourth-order valence-corrected chi connectivity index (χ4v) is 3.76. The largest absolute Gasteiger partial charge is 0.368 e. The zero-order valence-electron chi connectivity index (χ0n) is 17.1. The van der Waals surface area contributed by atoms with Crippen molar-refractivity contribution in [2.24, 2.45) is 0 Å². The lowest BCUT2D eigenvalue weighted by molar-refractivity contribution is 0.646. The molecule has 1 N–H and O–H groups in total. The number of nitrogens with zero attached hydrogens (tertiary/aromatic N) is 4. The Balaban J connectivity index is 1.31. The van der Waals surface area contributed by atoms with Gasteiger partial charge in [-0.05, 0) is 37.5 Å². The molecule has 1 aromatic heterocycles. The number of aromatic nitrogens is 2. The van der Waals surface area contributed by atoms with Crippen LogP contribution in [-0.4, -0.2) is 42.7 Å². The topological polar surface area (TPSA) is 44.3 Å². The average molecular weight is 388 g/mol. The number of hydrogen-bond acceptors (Lipinski definition) is 5. The van der Waals surface area contributed by atoms with Gasteiger partial charge in [0.1, 0.15) is 5.82 Å². The molecule has 1 aliphatic heterocycles. The predicted molar refractivity (Wildman–Crippen MR) is 121 cm³/mol. The number of para-hydroxylation sites is 1. The molecule has 0 saturated carbocycles. The number of benzene rings is 2. The van der Waals surface area contributed by atoms with Gasteiger partial charge in [-0.1, -0.05) is 48.5 Å². The van der Waals surface area contributed by atoms with Crippen molar-refractivity contribution in [1.29, 1.82) is 0 Å². The smallest absolute Gasteiger partial charge is 0.224 e. The van der Waals surface area contributed by atoms with Crippen LogP contribution in [0.1, 0.15) is 17.7 Å². The molecule has 0 unspecified atom stereocenters. The van der Waals surface area contributed by atoms with Crippen LogP contribution in [0.4, 0.5) is 17.5 Å². The molecule has 0 radical (unpaired) electrons. The molecule has 0 spiro atoms. The van der Waals surface area contributed by atoms with E-state index in [-0.39, 0.29) is 0 Å². The quantitative estimate of drug-likeness (QED) is 0.617. The van der Waals surface area contributed by atoms with Gasteiger partial charge in [-0.3, -0.25) is 0 Å². The van der Waals surface area contributed by atoms with Crippen LogP contribution in [0.3, 0.4) is 0 Å². The van der Waals surface area contributed by atoms with E-state index < -0.39 is 0 Å². The zero-order valence-corrected chi connectivity index (χ0v) is 17.1. The zero-order chi connectivity index (χ0) is 19.9. The maximum atomic E-state index is 4.78. The Morgan fingerprint density at radius 3 is 2.21 bits per heavy atom. The van der Waals surface area contributed by atoms with Crippen LogP contribution in [0, 0.1) is 6.92 Å². The summed E-state index contributed by atoms with van der Waals surface area (Å²) in [6.07, 6.45) is 2.13. The Hall–Kier alpha value is -3.08. The first kappa shape index (κ1) is 19.2. The van der Waals surface area contributed by atoms with Gasteiger partial charge >= 0.3 is 0 Å². The lowest BCUT2D eigenvalue weighted by atomic mass is 10.1. The summed E-state index contributed by atoms with van der Waals surface area (Å²) in [5.74, 6) is 1.76. The van der Waals surface area contributed by atoms with Crippen LogP contribution in [0.15, 0.2) is 66.7 Å². The van der Waals surface area contributed by atoms with Crippen LogP contribution in [0.5, 0.6) is 0 Å². The van der Waals surface area contributed by atoms with Gasteiger partial charge in [0.25, 0.3) is 0 Å². The van der Waals surface area contributed by atoms with Gasteiger partial charge in [0, 0.05) is 50.2 Å². The highest BCUT2D eigenvalue weighted by Gasteiger charge is 2.19. The summed E-state index contributed by atoms with van der Waals surface area (Å²) in [6, 6.07) is 23.3. The van der Waals surface area contributed by atoms with Crippen molar-refractivity contribution in [2.45, 2.75) is 19.8 Å². The van der Waals surface area contributed by atoms with Gasteiger partial charge in [-0.2, -0.15) is 4.98 Å². The van der Waals surface area contributed by atoms with Crippen molar-refractivity contribution in [3.63, 3.8) is 0 Å². The number of anilines is 3. The van der Waals surface area contributed by atoms with Crippen LogP contribution >= 0.6 is 0 Å². The Labute approximate surface area is 173 Å². The standard InChI is InChI=1S/C24H29N5/c1-20-19-23(29-17-15-28(16-18-29)22-12-6-3-7-13-22)27-24(26-20)25-14-8-11-21-9-4-2-5-10-21/h2-7,9-10,12-13,19H,8,11,14-18H2,1H3,(H,25,26,27). The highest BCUT2D eigenvalue weighted by atomic mass is 15.3. The second-order valence-corrected chi connectivity index (χ2v) is 7.52. The Morgan fingerprint density at radius 2 is 1.48 bits per heavy atom. The fraction of sp³-hybridized carbons (Fsp3) is 0.333. The van der Waals surface area contributed by atoms with E-state index in [1.165, 1.54) is 11.3 Å². The Morgan fingerprint density at radius 1 is 0.828 bits per heavy atom. The molecule has 0 amide bonds. The number of hydrogen-bond donors (Lipinski definition) is 1. The minimum Gasteiger partial charge on any atom is -0.368 e. The molecule has 1 aliphatic rings. The van der Waals surface area contributed by atoms with Crippen molar-refractivity contribution < 1.29 is 0 Å². The average Bonchev–Trinajstić information content (AvgIpc) is 2.78. The van der Waals surface area contributed by atoms with Crippen LogP contribution < -0.4 is 15.1 Å². The van der Waals surface area contributed by atoms with Gasteiger partial charge in [-0.25, -0.2) is 4.98 Å². The van der Waals surface area contributed by atoms with Gasteiger partial charge in [0.15, 0.2) is 0 Å². The molecule has 4 rings (SSSR count). The van der Waals surface area contributed by atoms with E-state index in [9.17, 15) is 0 Å². The predicted octanol–water partition coefficient (Wildman–Crippen LogP) is 4.16. The molecule has 2 heterocycles. The SMILES string of the molecule is Cc1cc(N2CCN(c3ccccc3)CC2)nc(NCCCc2ccccc2)n1. The summed E-state index contributed by atoms with van der Waals surface area (Å²) in [7, 11) is 0. The number of rotatable bonds is 7. The molecule has 2 aromatic carbocycles. The number of nitrogens with one attached hydrogen (secondary N) is 1. The van der Waals surface area contributed by atoms with E-state index in [0.717, 1.165) is 63.0 Å². The summed E-state index contributed by atoms with van der Waals surface area (Å²) in [5, 5.41) is 3.41. The minimum atomic E-state index is 0.735. The van der Waals surface area contributed by atoms with Crippen molar-refractivity contribution in [2.75, 3.05) is 47.8 Å². The van der Waals surface area contributed by atoms with Gasteiger partial charge < -0.3 is 15.1 Å². The number of piperazine rings is 1. The molecule has 0 bridgehead atoms. The van der Waals surface area contributed by atoms with Crippen LogP contribution in [0.25, 0.3) is 0 Å². The summed E-state index contributed by atoms with van der Waals surface area (Å²) in [6.45, 7) is 6.87. The van der Waals surface area contributed by atoms with E-state index in [4.69, 9.17) is 4.98 Å². The van der Waals surface area contributed by atoms with Crippen molar-refractivity contribution in [1.82, 2.24) is 9.97 Å². The monoisotopic (exact) mass is 387 g/mol. The summed E-state index contributed by atoms with van der Waals surface area (Å²) >= 11 is 0. The van der Waals surface area contributed by atoms with Crippen molar-refractivity contribution >= 4 is 17.5 Å². The maximum Gasteiger partial charge on any atom is 0.224 e. The lowest BCUT2D eigenvalue weighted by Gasteiger charge is -2.36. The van der Waals surface area contributed by atoms with E-state index in [1.807, 2.05) is 6.92 Å². The third kappa shape index (κ3) is 5.25. The molecule has 1 saturated heterocycles. The molecule has 150 valence electrons. The highest BCUT2D eigenvalue weighted by molar-refractivity contribution is 5.50. The van der Waals surface area contributed by atoms with Crippen molar-refractivity contribution in [3.05, 3.63) is 78.0 Å². The molecule has 5 heteroatoms. The van der Waals surface area contributed by atoms with Crippen LogP contribution in [0.2, 0.25) is 0 Å². The van der Waals surface area contributed by atoms with Crippen LogP contribution in [-0.2, 0) is 6.42 Å². The molecule has 3 aromatic rings. The van der Waals surface area contributed by atoms with E-state index in [1.54, 1.807) is 0 Å². The third-order valence-corrected chi connectivity index (χ3v) is 5.33. The van der Waals surface area contributed by atoms with E-state index in [0.29, 0.717) is 0 Å². The van der Waals surface area contributed by atoms with Crippen molar-refractivity contribution in [3.8, 4) is 0 Å². The normalized spacial score (nSPS) is 14.1. The fourth-order valence-electron chi connectivity index (χ4n) is 3.76. The first-order valence-corrected chi connectivity index (χ1v) is 10.5. The van der Waals surface area contributed by atoms with Gasteiger partial charge in [0.2, 0.25) is 5.95 Å². The molecular weight excluding hydrogens is 358 g/mol. The summed E-state index contributed by atoms with van der Waals surface area (Å²) in [5.41, 5.74) is 3.68. The molecular formula is C24H29N5. The first-order valence-electron chi connectivity index (χ1n) is 10.5. The molecule has 29 heavy (non-hydrogen) atoms. The summed E-state index contributed by atoms with van der Waals surface area (Å²) in [4.78, 5) is 14.2. The van der Waals surface area contributed by atoms with Gasteiger partial charge in [-0.15, -0.1) is 0 Å². The third-order valence-electron chi connectivity index (χ3n) is 5.33. The molecule has 0 aliphatic carbocycles. The molecule has 0 atom stereocenters. The lowest BCUT2D eigenvalue weighted by Crippen LogP contribution is -2.46. The second-order valence-electron chi connectivity index (χ2n) is 7.52. The number of aryl methyl sites for hydroxylation is 2. The minimum absolute atomic E-state index is 0.735. The Bertz CT molecular complexity index is 890. The summed E-state index contributed by atoms with van der Waals surface area (Å²) < 4.78 is 0. The highest BCUT2D eigenvalue weighted by Crippen LogP contribution is 2.20. The molecule has 1 fully saturated rings. The molecule has 5 nitrogen and oxygen atoms in total. The first-order chi connectivity index (χ1) is 14.3. The van der Waals surface area contributed by atoms with E-state index >= 15 is 0 Å². The van der Waals surface area contributed by atoms with Gasteiger partial charge in [0.05, 0.1) is 0 Å². The second kappa shape index (κ2) is 9.41. The van der Waals surface area contributed by atoms with E-state index in [2.05, 4.69) is 86.8 Å².